The highest BCUT2D eigenvalue weighted by Crippen LogP contribution is 2.23. The van der Waals surface area contributed by atoms with Crippen LogP contribution >= 0.6 is 0 Å². The molecule has 0 saturated carbocycles. The van der Waals surface area contributed by atoms with Gasteiger partial charge in [0.1, 0.15) is 11.5 Å². The molecule has 0 radical (unpaired) electrons. The highest BCUT2D eigenvalue weighted by atomic mass is 16.2. The number of rotatable bonds is 5. The number of hydrogen-bond donors (Lipinski definition) is 0. The molecule has 1 aromatic heterocycles. The number of aliphatic imine (C=N–C) groups is 2. The second-order valence-corrected chi connectivity index (χ2v) is 4.58. The largest absolute Gasteiger partial charge is 0.282 e. The topological polar surface area (TPSA) is 87.9 Å². The molecule has 1 aromatic rings. The van der Waals surface area contributed by atoms with E-state index in [1.807, 2.05) is 0 Å². The van der Waals surface area contributed by atoms with Crippen molar-refractivity contribution in [3.63, 3.8) is 0 Å². The average Bonchev–Trinajstić information content (AvgIpc) is 2.48. The zero-order chi connectivity index (χ0) is 15.2. The van der Waals surface area contributed by atoms with Gasteiger partial charge in [0.05, 0.1) is 6.20 Å². The van der Waals surface area contributed by atoms with E-state index in [1.54, 1.807) is 19.3 Å². The first-order valence-corrected chi connectivity index (χ1v) is 6.80. The Morgan fingerprint density at radius 1 is 1.38 bits per heavy atom. The SMILES string of the molecule is C=Nc1nc(CCN2C(=O)CCCC2=O)ncc1N=CC. The number of piperidine rings is 1. The van der Waals surface area contributed by atoms with Gasteiger partial charge in [-0.25, -0.2) is 15.0 Å². The number of likely N-dealkylation sites (tertiary alicyclic amines) is 1. The first kappa shape index (κ1) is 15.0. The quantitative estimate of drug-likeness (QED) is 0.608. The molecular weight excluding hydrogens is 270 g/mol. The van der Waals surface area contributed by atoms with Gasteiger partial charge in [0.2, 0.25) is 11.8 Å². The number of hydrogen-bond acceptors (Lipinski definition) is 6. The smallest absolute Gasteiger partial charge is 0.229 e. The Labute approximate surface area is 122 Å². The van der Waals surface area contributed by atoms with Crippen LogP contribution in [0.5, 0.6) is 0 Å². The molecule has 2 amide bonds. The summed E-state index contributed by atoms with van der Waals surface area (Å²) in [7, 11) is 0. The zero-order valence-corrected chi connectivity index (χ0v) is 11.9. The molecule has 7 nitrogen and oxygen atoms in total. The monoisotopic (exact) mass is 287 g/mol. The van der Waals surface area contributed by atoms with Crippen molar-refractivity contribution in [2.75, 3.05) is 6.54 Å². The molecule has 0 bridgehead atoms. The van der Waals surface area contributed by atoms with Gasteiger partial charge in [-0.2, -0.15) is 0 Å². The molecule has 110 valence electrons. The van der Waals surface area contributed by atoms with Crippen LogP contribution in [0, 0.1) is 0 Å². The maximum Gasteiger partial charge on any atom is 0.229 e. The minimum atomic E-state index is -0.125. The number of imide groups is 1. The standard InChI is InChI=1S/C14H17N5O2/c1-3-16-10-9-17-11(18-14(10)15-2)7-8-19-12(20)5-4-6-13(19)21/h3,9H,2,4-8H2,1H3. The number of aromatic nitrogens is 2. The van der Waals surface area contributed by atoms with Crippen molar-refractivity contribution in [2.24, 2.45) is 9.98 Å². The molecule has 21 heavy (non-hydrogen) atoms. The summed E-state index contributed by atoms with van der Waals surface area (Å²) >= 11 is 0. The van der Waals surface area contributed by atoms with Crippen LogP contribution in [0.25, 0.3) is 0 Å². The van der Waals surface area contributed by atoms with Crippen molar-refractivity contribution in [1.82, 2.24) is 14.9 Å². The highest BCUT2D eigenvalue weighted by Gasteiger charge is 2.25. The third kappa shape index (κ3) is 3.56. The van der Waals surface area contributed by atoms with E-state index in [-0.39, 0.29) is 11.8 Å². The van der Waals surface area contributed by atoms with Crippen molar-refractivity contribution in [2.45, 2.75) is 32.6 Å². The fraction of sp³-hybridized carbons (Fsp3) is 0.429. The Balaban J connectivity index is 2.08. The Morgan fingerprint density at radius 3 is 2.71 bits per heavy atom. The van der Waals surface area contributed by atoms with E-state index in [0.717, 1.165) is 0 Å². The number of amides is 2. The molecule has 1 saturated heterocycles. The molecule has 2 rings (SSSR count). The molecule has 1 aliphatic rings. The van der Waals surface area contributed by atoms with E-state index in [0.29, 0.717) is 49.6 Å². The summed E-state index contributed by atoms with van der Waals surface area (Å²) < 4.78 is 0. The van der Waals surface area contributed by atoms with Gasteiger partial charge in [0.25, 0.3) is 0 Å². The number of carbonyl (C=O) groups excluding carboxylic acids is 2. The average molecular weight is 287 g/mol. The fourth-order valence-electron chi connectivity index (χ4n) is 2.13. The van der Waals surface area contributed by atoms with Crippen molar-refractivity contribution in [1.29, 1.82) is 0 Å². The minimum absolute atomic E-state index is 0.125. The Bertz CT molecular complexity index is 581. The van der Waals surface area contributed by atoms with E-state index in [1.165, 1.54) is 4.90 Å². The maximum atomic E-state index is 11.7. The molecule has 0 atom stereocenters. The lowest BCUT2D eigenvalue weighted by molar-refractivity contribution is -0.147. The second-order valence-electron chi connectivity index (χ2n) is 4.58. The van der Waals surface area contributed by atoms with Gasteiger partial charge in [-0.05, 0) is 20.1 Å². The summed E-state index contributed by atoms with van der Waals surface area (Å²) in [6.07, 6.45) is 5.08. The number of carbonyl (C=O) groups is 2. The molecular formula is C14H17N5O2. The fourth-order valence-corrected chi connectivity index (χ4v) is 2.13. The van der Waals surface area contributed by atoms with E-state index in [4.69, 9.17) is 0 Å². The highest BCUT2D eigenvalue weighted by molar-refractivity contribution is 5.97. The van der Waals surface area contributed by atoms with E-state index < -0.39 is 0 Å². The number of nitrogens with zero attached hydrogens (tertiary/aromatic N) is 5. The predicted molar refractivity (Wildman–Crippen MR) is 79.3 cm³/mol. The van der Waals surface area contributed by atoms with Crippen LogP contribution in [-0.4, -0.2) is 46.2 Å². The van der Waals surface area contributed by atoms with Gasteiger partial charge >= 0.3 is 0 Å². The lowest BCUT2D eigenvalue weighted by Crippen LogP contribution is -2.41. The van der Waals surface area contributed by atoms with Crippen LogP contribution in [0.1, 0.15) is 32.0 Å². The normalized spacial score (nSPS) is 15.8. The molecule has 0 aromatic carbocycles. The summed E-state index contributed by atoms with van der Waals surface area (Å²) in [6, 6.07) is 0. The zero-order valence-electron chi connectivity index (χ0n) is 11.9. The molecule has 0 N–H and O–H groups in total. The van der Waals surface area contributed by atoms with Crippen LogP contribution in [0.2, 0.25) is 0 Å². The molecule has 0 unspecified atom stereocenters. The second kappa shape index (κ2) is 6.83. The Morgan fingerprint density at radius 2 is 2.10 bits per heavy atom. The molecule has 7 heteroatoms. The lowest BCUT2D eigenvalue weighted by atomic mass is 10.1. The van der Waals surface area contributed by atoms with Gasteiger partial charge in [-0.1, -0.05) is 0 Å². The molecule has 2 heterocycles. The summed E-state index contributed by atoms with van der Waals surface area (Å²) in [6.45, 7) is 5.54. The lowest BCUT2D eigenvalue weighted by Gasteiger charge is -2.24. The van der Waals surface area contributed by atoms with Gasteiger partial charge in [0.15, 0.2) is 5.82 Å². The Hall–Kier alpha value is -2.44. The van der Waals surface area contributed by atoms with Crippen LogP contribution in [0.3, 0.4) is 0 Å². The predicted octanol–water partition coefficient (Wildman–Crippen LogP) is 1.61. The molecule has 1 fully saturated rings. The van der Waals surface area contributed by atoms with Gasteiger partial charge in [-0.15, -0.1) is 0 Å². The summed E-state index contributed by atoms with van der Waals surface area (Å²) in [5, 5.41) is 0. The first-order chi connectivity index (χ1) is 10.2. The molecule has 0 aliphatic carbocycles. The van der Waals surface area contributed by atoms with Crippen LogP contribution in [0.4, 0.5) is 11.5 Å². The molecule has 1 aliphatic heterocycles. The van der Waals surface area contributed by atoms with Crippen LogP contribution in [0.15, 0.2) is 16.2 Å². The van der Waals surface area contributed by atoms with E-state index in [9.17, 15) is 9.59 Å². The van der Waals surface area contributed by atoms with Crippen molar-refractivity contribution >= 4 is 36.3 Å². The van der Waals surface area contributed by atoms with Gasteiger partial charge in [-0.3, -0.25) is 19.5 Å². The van der Waals surface area contributed by atoms with Crippen molar-refractivity contribution < 1.29 is 9.59 Å². The van der Waals surface area contributed by atoms with Crippen LogP contribution in [-0.2, 0) is 16.0 Å². The van der Waals surface area contributed by atoms with Gasteiger partial charge < -0.3 is 0 Å². The summed E-state index contributed by atoms with van der Waals surface area (Å²) in [4.78, 5) is 41.0. The third-order valence-electron chi connectivity index (χ3n) is 3.16. The first-order valence-electron chi connectivity index (χ1n) is 6.80. The summed E-state index contributed by atoms with van der Waals surface area (Å²) in [5.41, 5.74) is 0.543. The third-order valence-corrected chi connectivity index (χ3v) is 3.16. The van der Waals surface area contributed by atoms with E-state index >= 15 is 0 Å². The summed E-state index contributed by atoms with van der Waals surface area (Å²) in [5.74, 6) is 0.661. The van der Waals surface area contributed by atoms with E-state index in [2.05, 4.69) is 26.7 Å². The van der Waals surface area contributed by atoms with Crippen LogP contribution < -0.4 is 0 Å². The van der Waals surface area contributed by atoms with Crippen molar-refractivity contribution in [3.05, 3.63) is 12.0 Å². The van der Waals surface area contributed by atoms with Gasteiger partial charge in [0, 0.05) is 32.0 Å². The Kier molecular flexibility index (Phi) is 4.86. The molecule has 0 spiro atoms. The maximum absolute atomic E-state index is 11.7. The minimum Gasteiger partial charge on any atom is -0.282 e. The van der Waals surface area contributed by atoms with Crippen molar-refractivity contribution in [3.8, 4) is 0 Å².